The highest BCUT2D eigenvalue weighted by molar-refractivity contribution is 9.10. The molecule has 0 spiro atoms. The molecule has 11 heteroatoms. The van der Waals surface area contributed by atoms with Gasteiger partial charge >= 0.3 is 11.9 Å². The first-order valence-corrected chi connectivity index (χ1v) is 12.7. The predicted molar refractivity (Wildman–Crippen MR) is 136 cm³/mol. The van der Waals surface area contributed by atoms with Gasteiger partial charge < -0.3 is 23.9 Å². The van der Waals surface area contributed by atoms with Gasteiger partial charge in [0.1, 0.15) is 28.0 Å². The van der Waals surface area contributed by atoms with Crippen molar-refractivity contribution in [3.63, 3.8) is 0 Å². The molecule has 35 heavy (non-hydrogen) atoms. The van der Waals surface area contributed by atoms with Gasteiger partial charge in [0, 0.05) is 4.47 Å². The van der Waals surface area contributed by atoms with Gasteiger partial charge in [0.15, 0.2) is 5.76 Å². The molecule has 1 amide bonds. The number of carbonyl (C=O) groups is 3. The van der Waals surface area contributed by atoms with Crippen molar-refractivity contribution in [2.24, 2.45) is 0 Å². The van der Waals surface area contributed by atoms with Crippen molar-refractivity contribution in [2.75, 3.05) is 18.5 Å². The third-order valence-corrected chi connectivity index (χ3v) is 6.60. The Bertz CT molecular complexity index is 1240. The minimum Gasteiger partial charge on any atom is -0.484 e. The fraction of sp³-hybridized carbons (Fsp3) is 0.292. The number of halogens is 2. The van der Waals surface area contributed by atoms with Crippen LogP contribution < -0.4 is 10.1 Å². The van der Waals surface area contributed by atoms with E-state index in [9.17, 15) is 14.4 Å². The Hall–Kier alpha value is -2.82. The maximum absolute atomic E-state index is 12.9. The number of hydrogen-bond acceptors (Lipinski definition) is 8. The maximum Gasteiger partial charge on any atom is 0.348 e. The first-order valence-electron chi connectivity index (χ1n) is 10.7. The molecule has 3 aromatic rings. The van der Waals surface area contributed by atoms with Crippen molar-refractivity contribution in [3.05, 3.63) is 67.4 Å². The fourth-order valence-corrected chi connectivity index (χ4v) is 4.80. The predicted octanol–water partition coefficient (Wildman–Crippen LogP) is 6.64. The summed E-state index contributed by atoms with van der Waals surface area (Å²) in [5.41, 5.74) is 0.490. The van der Waals surface area contributed by atoms with E-state index in [-0.39, 0.29) is 41.0 Å². The van der Waals surface area contributed by atoms with E-state index in [0.717, 1.165) is 15.8 Å². The number of anilines is 1. The number of nitrogens with one attached hydrogen (secondary N) is 1. The number of furan rings is 1. The van der Waals surface area contributed by atoms with Gasteiger partial charge in [-0.2, -0.15) is 0 Å². The largest absolute Gasteiger partial charge is 0.484 e. The van der Waals surface area contributed by atoms with Crippen molar-refractivity contribution in [3.8, 4) is 5.75 Å². The standard InChI is InChI=1S/C24H23BrClNO7S/c1-4-10-32-23(29)19-13(3)20(24(30)31-5-2)35-22(19)27-21(28)18-9-7-15(34-18)12-33-17-8-6-14(25)11-16(17)26/h6-9,11H,4-5,10,12H2,1-3H3,(H,27,28). The zero-order valence-electron chi connectivity index (χ0n) is 19.2. The van der Waals surface area contributed by atoms with E-state index >= 15 is 0 Å². The topological polar surface area (TPSA) is 104 Å². The Kier molecular flexibility index (Phi) is 9.36. The summed E-state index contributed by atoms with van der Waals surface area (Å²) < 4.78 is 22.4. The maximum atomic E-state index is 12.9. The summed E-state index contributed by atoms with van der Waals surface area (Å²) in [5.74, 6) is -0.948. The van der Waals surface area contributed by atoms with E-state index < -0.39 is 17.8 Å². The van der Waals surface area contributed by atoms with Crippen LogP contribution in [-0.2, 0) is 16.1 Å². The number of benzene rings is 1. The van der Waals surface area contributed by atoms with Crippen LogP contribution in [0.4, 0.5) is 5.00 Å². The lowest BCUT2D eigenvalue weighted by Crippen LogP contribution is -2.14. The Morgan fingerprint density at radius 2 is 1.89 bits per heavy atom. The molecule has 8 nitrogen and oxygen atoms in total. The molecule has 2 heterocycles. The molecule has 0 saturated heterocycles. The molecule has 0 fully saturated rings. The van der Waals surface area contributed by atoms with E-state index in [2.05, 4.69) is 21.2 Å². The molecule has 1 aromatic carbocycles. The van der Waals surface area contributed by atoms with Crippen molar-refractivity contribution in [2.45, 2.75) is 33.8 Å². The Morgan fingerprint density at radius 1 is 1.11 bits per heavy atom. The van der Waals surface area contributed by atoms with Crippen molar-refractivity contribution < 1.29 is 33.0 Å². The number of thiophene rings is 1. The SMILES string of the molecule is CCCOC(=O)c1c(NC(=O)c2ccc(COc3ccc(Br)cc3Cl)o2)sc(C(=O)OCC)c1C. The van der Waals surface area contributed by atoms with E-state index in [0.29, 0.717) is 28.5 Å². The molecule has 0 aliphatic carbocycles. The molecule has 3 rings (SSSR count). The Morgan fingerprint density at radius 3 is 2.57 bits per heavy atom. The molecule has 186 valence electrons. The second kappa shape index (κ2) is 12.2. The summed E-state index contributed by atoms with van der Waals surface area (Å²) in [5, 5.41) is 3.26. The highest BCUT2D eigenvalue weighted by Gasteiger charge is 2.28. The van der Waals surface area contributed by atoms with Gasteiger partial charge in [0.25, 0.3) is 5.91 Å². The third kappa shape index (κ3) is 6.65. The van der Waals surface area contributed by atoms with Gasteiger partial charge in [-0.15, -0.1) is 11.3 Å². The molecule has 0 saturated carbocycles. The average molecular weight is 585 g/mol. The fourth-order valence-electron chi connectivity index (χ4n) is 2.99. The van der Waals surface area contributed by atoms with Crippen LogP contribution in [0.15, 0.2) is 39.2 Å². The number of rotatable bonds is 10. The number of hydrogen-bond donors (Lipinski definition) is 1. The van der Waals surface area contributed by atoms with Gasteiger partial charge in [-0.1, -0.05) is 34.5 Å². The quantitative estimate of drug-likeness (QED) is 0.266. The number of ether oxygens (including phenoxy) is 3. The van der Waals surface area contributed by atoms with Crippen LogP contribution in [0.5, 0.6) is 5.75 Å². The highest BCUT2D eigenvalue weighted by Crippen LogP contribution is 2.35. The van der Waals surface area contributed by atoms with Crippen LogP contribution in [0.25, 0.3) is 0 Å². The second-order valence-corrected chi connectivity index (χ2v) is 9.54. The minimum absolute atomic E-state index is 0.00196. The summed E-state index contributed by atoms with van der Waals surface area (Å²) >= 11 is 10.4. The van der Waals surface area contributed by atoms with Crippen LogP contribution in [0.3, 0.4) is 0 Å². The zero-order valence-corrected chi connectivity index (χ0v) is 22.4. The summed E-state index contributed by atoms with van der Waals surface area (Å²) in [7, 11) is 0. The Labute approximate surface area is 219 Å². The first kappa shape index (κ1) is 26.8. The molecule has 0 radical (unpaired) electrons. The van der Waals surface area contributed by atoms with Crippen molar-refractivity contribution >= 4 is 61.7 Å². The van der Waals surface area contributed by atoms with Crippen LogP contribution in [0, 0.1) is 6.92 Å². The van der Waals surface area contributed by atoms with Gasteiger partial charge in [-0.05, 0) is 56.2 Å². The third-order valence-electron chi connectivity index (χ3n) is 4.63. The number of esters is 2. The smallest absolute Gasteiger partial charge is 0.348 e. The Balaban J connectivity index is 1.77. The van der Waals surface area contributed by atoms with Gasteiger partial charge in [0.2, 0.25) is 0 Å². The average Bonchev–Trinajstić information content (AvgIpc) is 3.41. The normalized spacial score (nSPS) is 10.7. The summed E-state index contributed by atoms with van der Waals surface area (Å²) in [4.78, 5) is 38.1. The molecule has 0 bridgehead atoms. The summed E-state index contributed by atoms with van der Waals surface area (Å²) in [6, 6.07) is 8.29. The molecule has 0 aliphatic heterocycles. The van der Waals surface area contributed by atoms with E-state index in [1.807, 2.05) is 6.92 Å². The number of carbonyl (C=O) groups excluding carboxylic acids is 3. The summed E-state index contributed by atoms with van der Waals surface area (Å²) in [6.45, 7) is 5.59. The van der Waals surface area contributed by atoms with E-state index in [4.69, 9.17) is 30.2 Å². The minimum atomic E-state index is -0.633. The van der Waals surface area contributed by atoms with Gasteiger partial charge in [-0.3, -0.25) is 4.79 Å². The van der Waals surface area contributed by atoms with Gasteiger partial charge in [-0.25, -0.2) is 9.59 Å². The molecule has 2 aromatic heterocycles. The monoisotopic (exact) mass is 583 g/mol. The van der Waals surface area contributed by atoms with E-state index in [1.165, 1.54) is 6.07 Å². The van der Waals surface area contributed by atoms with E-state index in [1.54, 1.807) is 38.1 Å². The zero-order chi connectivity index (χ0) is 25.5. The van der Waals surface area contributed by atoms with Crippen molar-refractivity contribution in [1.82, 2.24) is 0 Å². The molecular weight excluding hydrogens is 562 g/mol. The van der Waals surface area contributed by atoms with Crippen molar-refractivity contribution in [1.29, 1.82) is 0 Å². The number of amides is 1. The lowest BCUT2D eigenvalue weighted by molar-refractivity contribution is 0.0506. The van der Waals surface area contributed by atoms with Gasteiger partial charge in [0.05, 0.1) is 23.8 Å². The first-order chi connectivity index (χ1) is 16.7. The van der Waals surface area contributed by atoms with Crippen LogP contribution >= 0.6 is 38.9 Å². The molecular formula is C24H23BrClNO7S. The van der Waals surface area contributed by atoms with Crippen LogP contribution in [0.1, 0.15) is 62.2 Å². The lowest BCUT2D eigenvalue weighted by Gasteiger charge is -2.07. The van der Waals surface area contributed by atoms with Crippen LogP contribution in [0.2, 0.25) is 5.02 Å². The molecule has 0 unspecified atom stereocenters. The lowest BCUT2D eigenvalue weighted by atomic mass is 10.1. The molecule has 0 atom stereocenters. The van der Waals surface area contributed by atoms with Crippen LogP contribution in [-0.4, -0.2) is 31.1 Å². The second-order valence-electron chi connectivity index (χ2n) is 7.20. The molecule has 0 aliphatic rings. The molecule has 1 N–H and O–H groups in total. The highest BCUT2D eigenvalue weighted by atomic mass is 79.9. The summed E-state index contributed by atoms with van der Waals surface area (Å²) in [6.07, 6.45) is 0.629.